The van der Waals surface area contributed by atoms with Crippen LogP contribution in [0.2, 0.25) is 0 Å². The van der Waals surface area contributed by atoms with Gasteiger partial charge in [0.15, 0.2) is 5.76 Å². The van der Waals surface area contributed by atoms with Crippen molar-refractivity contribution in [3.8, 4) is 11.3 Å². The van der Waals surface area contributed by atoms with E-state index in [-0.39, 0.29) is 0 Å². The zero-order valence-electron chi connectivity index (χ0n) is 13.0. The second kappa shape index (κ2) is 7.09. The predicted octanol–water partition coefficient (Wildman–Crippen LogP) is 2.24. The number of furan rings is 1. The lowest BCUT2D eigenvalue weighted by Gasteiger charge is -2.06. The maximum absolute atomic E-state index is 9.54. The first kappa shape index (κ1) is 15.3. The minimum Gasteiger partial charge on any atom is -0.455 e. The molecular formula is C18H24NO3+. The molecule has 0 spiro atoms. The van der Waals surface area contributed by atoms with Crippen LogP contribution in [0.1, 0.15) is 37.2 Å². The summed E-state index contributed by atoms with van der Waals surface area (Å²) in [5.41, 5.74) is 1.95. The summed E-state index contributed by atoms with van der Waals surface area (Å²) in [5.74, 6) is 1.85. The van der Waals surface area contributed by atoms with Crippen LogP contribution in [0.15, 0.2) is 40.8 Å². The van der Waals surface area contributed by atoms with Gasteiger partial charge in [0.25, 0.3) is 0 Å². The second-order valence-corrected chi connectivity index (χ2v) is 5.93. The van der Waals surface area contributed by atoms with Gasteiger partial charge in [-0.25, -0.2) is 0 Å². The summed E-state index contributed by atoms with van der Waals surface area (Å²) in [6, 6.07) is 11.9. The second-order valence-electron chi connectivity index (χ2n) is 5.93. The van der Waals surface area contributed by atoms with Crippen LogP contribution in [-0.4, -0.2) is 24.4 Å². The molecule has 3 rings (SSSR count). The number of quaternary nitrogens is 1. The summed E-state index contributed by atoms with van der Waals surface area (Å²) in [6.07, 6.45) is 2.33. The monoisotopic (exact) mass is 302 g/mol. The molecule has 2 aromatic rings. The first-order valence-corrected chi connectivity index (χ1v) is 8.03. The molecular weight excluding hydrogens is 278 g/mol. The molecule has 0 aliphatic carbocycles. The van der Waals surface area contributed by atoms with Crippen molar-refractivity contribution in [3.63, 3.8) is 0 Å². The quantitative estimate of drug-likeness (QED) is 0.860. The van der Waals surface area contributed by atoms with Crippen LogP contribution in [0.4, 0.5) is 0 Å². The zero-order valence-corrected chi connectivity index (χ0v) is 13.0. The molecule has 1 aromatic heterocycles. The molecule has 0 bridgehead atoms. The van der Waals surface area contributed by atoms with Crippen LogP contribution in [0.25, 0.3) is 11.3 Å². The molecule has 1 saturated heterocycles. The molecule has 4 heteroatoms. The summed E-state index contributed by atoms with van der Waals surface area (Å²) in [6.45, 7) is 4.51. The van der Waals surface area contributed by atoms with Crippen molar-refractivity contribution in [2.75, 3.05) is 13.2 Å². The van der Waals surface area contributed by atoms with Gasteiger partial charge in [-0.05, 0) is 37.5 Å². The van der Waals surface area contributed by atoms with E-state index >= 15 is 0 Å². The highest BCUT2D eigenvalue weighted by atomic mass is 16.5. The Balaban J connectivity index is 1.55. The van der Waals surface area contributed by atoms with Crippen LogP contribution >= 0.6 is 0 Å². The van der Waals surface area contributed by atoms with Crippen molar-refractivity contribution in [1.82, 2.24) is 0 Å². The van der Waals surface area contributed by atoms with E-state index in [9.17, 15) is 5.11 Å². The highest BCUT2D eigenvalue weighted by molar-refractivity contribution is 5.58. The molecule has 0 amide bonds. The third kappa shape index (κ3) is 3.77. The number of aliphatic hydroxyl groups is 1. The van der Waals surface area contributed by atoms with E-state index in [1.807, 2.05) is 36.4 Å². The molecule has 1 fully saturated rings. The van der Waals surface area contributed by atoms with Crippen LogP contribution in [0.3, 0.4) is 0 Å². The van der Waals surface area contributed by atoms with Crippen LogP contribution in [0, 0.1) is 0 Å². The lowest BCUT2D eigenvalue weighted by Crippen LogP contribution is -2.84. The Kier molecular flexibility index (Phi) is 4.93. The van der Waals surface area contributed by atoms with Gasteiger partial charge >= 0.3 is 0 Å². The van der Waals surface area contributed by atoms with E-state index in [4.69, 9.17) is 9.15 Å². The fourth-order valence-electron chi connectivity index (χ4n) is 2.81. The number of hydrogen-bond acceptors (Lipinski definition) is 3. The molecule has 22 heavy (non-hydrogen) atoms. The Morgan fingerprint density at radius 3 is 2.73 bits per heavy atom. The average molecular weight is 302 g/mol. The van der Waals surface area contributed by atoms with Gasteiger partial charge in [0.05, 0.1) is 6.10 Å². The van der Waals surface area contributed by atoms with Crippen molar-refractivity contribution in [3.05, 3.63) is 47.7 Å². The maximum Gasteiger partial charge on any atom is 0.158 e. The minimum atomic E-state index is -0.436. The number of rotatable bonds is 6. The van der Waals surface area contributed by atoms with Gasteiger partial charge in [-0.1, -0.05) is 24.3 Å². The first-order chi connectivity index (χ1) is 10.7. The Morgan fingerprint density at radius 2 is 2.05 bits per heavy atom. The summed E-state index contributed by atoms with van der Waals surface area (Å²) in [4.78, 5) is 0. The fraction of sp³-hybridized carbons (Fsp3) is 0.444. The lowest BCUT2D eigenvalue weighted by atomic mass is 10.1. The van der Waals surface area contributed by atoms with E-state index in [0.717, 1.165) is 42.3 Å². The lowest BCUT2D eigenvalue weighted by molar-refractivity contribution is -0.677. The number of aliphatic hydroxyl groups excluding tert-OH is 1. The van der Waals surface area contributed by atoms with E-state index < -0.39 is 6.10 Å². The molecule has 4 nitrogen and oxygen atoms in total. The van der Waals surface area contributed by atoms with Crippen molar-refractivity contribution in [1.29, 1.82) is 0 Å². The predicted molar refractivity (Wildman–Crippen MR) is 84.2 cm³/mol. The van der Waals surface area contributed by atoms with Gasteiger partial charge in [0.2, 0.25) is 0 Å². The highest BCUT2D eigenvalue weighted by Crippen LogP contribution is 2.23. The minimum absolute atomic E-state index is 0.405. The summed E-state index contributed by atoms with van der Waals surface area (Å²) in [7, 11) is 0. The van der Waals surface area contributed by atoms with Gasteiger partial charge in [-0.2, -0.15) is 0 Å². The van der Waals surface area contributed by atoms with Crippen molar-refractivity contribution >= 4 is 0 Å². The summed E-state index contributed by atoms with van der Waals surface area (Å²) in [5, 5.41) is 11.8. The third-order valence-corrected chi connectivity index (χ3v) is 4.14. The molecule has 0 saturated carbocycles. The van der Waals surface area contributed by atoms with Crippen molar-refractivity contribution in [2.24, 2.45) is 0 Å². The van der Waals surface area contributed by atoms with Crippen molar-refractivity contribution < 1.29 is 19.6 Å². The van der Waals surface area contributed by atoms with Crippen molar-refractivity contribution in [2.45, 2.75) is 38.5 Å². The number of ether oxygens (including phenoxy) is 1. The zero-order chi connectivity index (χ0) is 15.4. The van der Waals surface area contributed by atoms with Crippen LogP contribution in [0.5, 0.6) is 0 Å². The number of hydrogen-bond donors (Lipinski definition) is 2. The van der Waals surface area contributed by atoms with E-state index in [1.165, 1.54) is 12.8 Å². The summed E-state index contributed by atoms with van der Waals surface area (Å²) < 4.78 is 11.5. The molecule has 2 heterocycles. The molecule has 1 aromatic carbocycles. The maximum atomic E-state index is 9.54. The first-order valence-electron chi connectivity index (χ1n) is 8.03. The summed E-state index contributed by atoms with van der Waals surface area (Å²) >= 11 is 0. The smallest absolute Gasteiger partial charge is 0.158 e. The Hall–Kier alpha value is -1.62. The number of nitrogens with two attached hydrogens (primary N) is 1. The Morgan fingerprint density at radius 1 is 1.23 bits per heavy atom. The van der Waals surface area contributed by atoms with Crippen LogP contribution in [-0.2, 0) is 11.3 Å². The standard InChI is InChI=1S/C18H23NO3/c1-13(20)14-4-6-15(7-5-14)18-9-8-17(22-18)12-19-11-16-3-2-10-21-16/h4-9,13,16,19-20H,2-3,10-12H2,1H3/p+1/t13-,16+/m1/s1. The Labute approximate surface area is 131 Å². The van der Waals surface area contributed by atoms with E-state index in [1.54, 1.807) is 6.92 Å². The molecule has 2 atom stereocenters. The SMILES string of the molecule is C[C@@H](O)c1ccc(-c2ccc(C[NH2+]C[C@@H]3CCCO3)o2)cc1. The van der Waals surface area contributed by atoms with Gasteiger partial charge in [-0.3, -0.25) is 0 Å². The van der Waals surface area contributed by atoms with Gasteiger partial charge in [0, 0.05) is 12.2 Å². The van der Waals surface area contributed by atoms with E-state index in [0.29, 0.717) is 6.10 Å². The molecule has 3 N–H and O–H groups in total. The Bertz CT molecular complexity index is 583. The highest BCUT2D eigenvalue weighted by Gasteiger charge is 2.17. The molecule has 118 valence electrons. The molecule has 1 aliphatic rings. The molecule has 0 unspecified atom stereocenters. The topological polar surface area (TPSA) is 59.2 Å². The molecule has 0 radical (unpaired) electrons. The number of benzene rings is 1. The van der Waals surface area contributed by atoms with Gasteiger partial charge in [0.1, 0.15) is 25.0 Å². The fourth-order valence-corrected chi connectivity index (χ4v) is 2.81. The van der Waals surface area contributed by atoms with Gasteiger partial charge in [-0.15, -0.1) is 0 Å². The normalized spacial score (nSPS) is 19.5. The third-order valence-electron chi connectivity index (χ3n) is 4.14. The van der Waals surface area contributed by atoms with Crippen LogP contribution < -0.4 is 5.32 Å². The largest absolute Gasteiger partial charge is 0.455 e. The molecule has 1 aliphatic heterocycles. The van der Waals surface area contributed by atoms with E-state index in [2.05, 4.69) is 5.32 Å². The average Bonchev–Trinajstić information content (AvgIpc) is 3.19. The van der Waals surface area contributed by atoms with Gasteiger partial charge < -0.3 is 19.6 Å².